The molecule has 0 radical (unpaired) electrons. The number of carbonyl (C=O) groups excluding carboxylic acids is 1. The van der Waals surface area contributed by atoms with Crippen LogP contribution >= 0.6 is 0 Å². The standard InChI is InChI=1S/C30H25F3N6O2/c1-29(14-34)12-30(35,13-29)25-18(31)8-16(11-36-25)15-6-7-19-20(9-15)39-21-10-22(26(39)37-19)38(2)27(40)17-4-3-5-23(24(17)21)41-28(32)33/h3-9,11,21-22,28H,10,12-13,35H2,1-2H3/t21-,22-,29?,30?/m1/s1. The van der Waals surface area contributed by atoms with E-state index in [1.54, 1.807) is 31.1 Å². The van der Waals surface area contributed by atoms with Gasteiger partial charge in [0, 0.05) is 36.4 Å². The molecule has 2 aliphatic heterocycles. The summed E-state index contributed by atoms with van der Waals surface area (Å²) in [5, 5.41) is 9.34. The number of imidazole rings is 1. The molecule has 2 aromatic heterocycles. The van der Waals surface area contributed by atoms with E-state index in [2.05, 4.69) is 11.1 Å². The number of pyridine rings is 1. The van der Waals surface area contributed by atoms with Gasteiger partial charge < -0.3 is 19.9 Å². The number of halogens is 3. The SMILES string of the molecule is CN1C(=O)c2cccc(OC(F)F)c2[C@H]2C[C@@H]1c1nc3ccc(-c4cnc(C5(N)CC(C)(C#N)C5)c(F)c4)cc3n12. The number of nitrogens with two attached hydrogens (primary N) is 1. The normalized spacial score (nSPS) is 26.4. The van der Waals surface area contributed by atoms with Crippen LogP contribution < -0.4 is 10.5 Å². The largest absolute Gasteiger partial charge is 0.434 e. The Kier molecular flexibility index (Phi) is 5.32. The van der Waals surface area contributed by atoms with Crippen LogP contribution in [0.2, 0.25) is 0 Å². The van der Waals surface area contributed by atoms with E-state index in [4.69, 9.17) is 15.5 Å². The number of nitrogens with zero attached hydrogens (tertiary/aromatic N) is 5. The highest BCUT2D eigenvalue weighted by Gasteiger charge is 2.53. The number of ether oxygens (including phenoxy) is 1. The van der Waals surface area contributed by atoms with Crippen LogP contribution in [-0.4, -0.2) is 39.0 Å². The molecular formula is C30H25F3N6O2. The Morgan fingerprint density at radius 1 is 1.17 bits per heavy atom. The van der Waals surface area contributed by atoms with Gasteiger partial charge in [-0.05, 0) is 55.7 Å². The molecule has 1 saturated carbocycles. The van der Waals surface area contributed by atoms with Crippen molar-refractivity contribution in [2.45, 2.75) is 50.4 Å². The number of amides is 1. The van der Waals surface area contributed by atoms with Gasteiger partial charge in [0.15, 0.2) is 0 Å². The molecule has 2 N–H and O–H groups in total. The highest BCUT2D eigenvalue weighted by atomic mass is 19.3. The monoisotopic (exact) mass is 558 g/mol. The van der Waals surface area contributed by atoms with Gasteiger partial charge in [-0.25, -0.2) is 9.37 Å². The lowest BCUT2D eigenvalue weighted by molar-refractivity contribution is -0.0507. The summed E-state index contributed by atoms with van der Waals surface area (Å²) in [4.78, 5) is 24.1. The highest BCUT2D eigenvalue weighted by Crippen LogP contribution is 2.52. The lowest BCUT2D eigenvalue weighted by Crippen LogP contribution is -2.54. The Morgan fingerprint density at radius 3 is 2.66 bits per heavy atom. The fraction of sp³-hybridized carbons (Fsp3) is 0.333. The molecule has 2 bridgehead atoms. The zero-order valence-corrected chi connectivity index (χ0v) is 22.2. The molecule has 1 aliphatic carbocycles. The third kappa shape index (κ3) is 3.67. The van der Waals surface area contributed by atoms with E-state index in [1.807, 2.05) is 22.8 Å². The summed E-state index contributed by atoms with van der Waals surface area (Å²) in [6.45, 7) is -1.25. The fourth-order valence-corrected chi connectivity index (χ4v) is 7.01. The Balaban J connectivity index is 1.33. The fourth-order valence-electron chi connectivity index (χ4n) is 7.01. The van der Waals surface area contributed by atoms with Crippen LogP contribution in [-0.2, 0) is 5.54 Å². The van der Waals surface area contributed by atoms with Gasteiger partial charge in [-0.1, -0.05) is 12.1 Å². The summed E-state index contributed by atoms with van der Waals surface area (Å²) in [5.41, 5.74) is 8.24. The first-order chi connectivity index (χ1) is 19.5. The zero-order chi connectivity index (χ0) is 28.8. The number of fused-ring (bicyclic) bond motifs is 9. The second-order valence-electron chi connectivity index (χ2n) is 11.6. The van der Waals surface area contributed by atoms with Crippen LogP contribution in [0.1, 0.15) is 65.7 Å². The summed E-state index contributed by atoms with van der Waals surface area (Å²) in [6.07, 6.45) is 2.67. The summed E-state index contributed by atoms with van der Waals surface area (Å²) in [7, 11) is 1.68. The van der Waals surface area contributed by atoms with E-state index in [-0.39, 0.29) is 23.4 Å². The molecule has 4 heterocycles. The molecule has 0 spiro atoms. The van der Waals surface area contributed by atoms with Gasteiger partial charge in [-0.15, -0.1) is 0 Å². The Hall–Kier alpha value is -4.43. The third-order valence-corrected chi connectivity index (χ3v) is 8.73. The molecule has 0 unspecified atom stereocenters. The number of nitriles is 1. The van der Waals surface area contributed by atoms with Crippen molar-refractivity contribution in [2.75, 3.05) is 7.05 Å². The van der Waals surface area contributed by atoms with Crippen LogP contribution in [0.4, 0.5) is 13.2 Å². The minimum Gasteiger partial charge on any atom is -0.434 e. The van der Waals surface area contributed by atoms with Crippen molar-refractivity contribution in [3.8, 4) is 22.9 Å². The average Bonchev–Trinajstić information content (AvgIpc) is 3.44. The first kappa shape index (κ1) is 25.5. The van der Waals surface area contributed by atoms with Crippen molar-refractivity contribution in [1.82, 2.24) is 19.4 Å². The lowest BCUT2D eigenvalue weighted by atomic mass is 9.58. The topological polar surface area (TPSA) is 110 Å². The molecule has 0 saturated heterocycles. The number of carbonyl (C=O) groups is 1. The lowest BCUT2D eigenvalue weighted by Gasteiger charge is -2.48. The summed E-state index contributed by atoms with van der Waals surface area (Å²) < 4.78 is 48.9. The molecule has 11 heteroatoms. The molecule has 4 aromatic rings. The van der Waals surface area contributed by atoms with E-state index in [0.29, 0.717) is 58.4 Å². The van der Waals surface area contributed by atoms with Gasteiger partial charge >= 0.3 is 6.61 Å². The number of hydrogen-bond donors (Lipinski definition) is 1. The molecule has 3 aliphatic rings. The highest BCUT2D eigenvalue weighted by molar-refractivity contribution is 5.98. The number of rotatable bonds is 4. The van der Waals surface area contributed by atoms with Crippen LogP contribution in [0, 0.1) is 22.6 Å². The maximum Gasteiger partial charge on any atom is 0.387 e. The van der Waals surface area contributed by atoms with Gasteiger partial charge in [0.2, 0.25) is 0 Å². The van der Waals surface area contributed by atoms with Crippen LogP contribution in [0.3, 0.4) is 0 Å². The van der Waals surface area contributed by atoms with Crippen molar-refractivity contribution >= 4 is 16.9 Å². The average molecular weight is 559 g/mol. The predicted octanol–water partition coefficient (Wildman–Crippen LogP) is 5.44. The molecule has 2 atom stereocenters. The molecule has 1 amide bonds. The molecule has 8 nitrogen and oxygen atoms in total. The maximum absolute atomic E-state index is 15.3. The number of benzene rings is 2. The van der Waals surface area contributed by atoms with E-state index in [0.717, 1.165) is 0 Å². The van der Waals surface area contributed by atoms with Crippen molar-refractivity contribution in [2.24, 2.45) is 11.1 Å². The van der Waals surface area contributed by atoms with Crippen molar-refractivity contribution in [1.29, 1.82) is 5.26 Å². The van der Waals surface area contributed by atoms with Crippen molar-refractivity contribution < 1.29 is 22.7 Å². The molecule has 41 heavy (non-hydrogen) atoms. The smallest absolute Gasteiger partial charge is 0.387 e. The molecule has 208 valence electrons. The summed E-state index contributed by atoms with van der Waals surface area (Å²) in [5.74, 6) is -0.228. The predicted molar refractivity (Wildman–Crippen MR) is 142 cm³/mol. The Labute approximate surface area is 233 Å². The summed E-state index contributed by atoms with van der Waals surface area (Å²) in [6, 6.07) is 12.9. The number of hydrogen-bond acceptors (Lipinski definition) is 6. The maximum atomic E-state index is 15.3. The second kappa shape index (κ2) is 8.54. The third-order valence-electron chi connectivity index (χ3n) is 8.73. The van der Waals surface area contributed by atoms with E-state index < -0.39 is 29.4 Å². The van der Waals surface area contributed by atoms with Crippen molar-refractivity contribution in [3.05, 3.63) is 77.1 Å². The van der Waals surface area contributed by atoms with Gasteiger partial charge in [-0.2, -0.15) is 14.0 Å². The minimum absolute atomic E-state index is 0.0446. The van der Waals surface area contributed by atoms with E-state index in [9.17, 15) is 18.8 Å². The van der Waals surface area contributed by atoms with Gasteiger partial charge in [-0.3, -0.25) is 9.78 Å². The van der Waals surface area contributed by atoms with Gasteiger partial charge in [0.05, 0.1) is 45.8 Å². The second-order valence-corrected chi connectivity index (χ2v) is 11.6. The van der Waals surface area contributed by atoms with Gasteiger partial charge in [0.25, 0.3) is 5.91 Å². The van der Waals surface area contributed by atoms with Crippen molar-refractivity contribution in [3.63, 3.8) is 0 Å². The first-order valence-corrected chi connectivity index (χ1v) is 13.3. The molecular weight excluding hydrogens is 533 g/mol. The number of alkyl halides is 2. The summed E-state index contributed by atoms with van der Waals surface area (Å²) >= 11 is 0. The quantitative estimate of drug-likeness (QED) is 0.357. The Morgan fingerprint density at radius 2 is 1.95 bits per heavy atom. The first-order valence-electron chi connectivity index (χ1n) is 13.3. The van der Waals surface area contributed by atoms with E-state index >= 15 is 4.39 Å². The minimum atomic E-state index is -3.05. The van der Waals surface area contributed by atoms with Gasteiger partial charge in [0.1, 0.15) is 17.4 Å². The number of aromatic nitrogens is 3. The Bertz CT molecular complexity index is 1810. The van der Waals surface area contributed by atoms with Crippen LogP contribution in [0.25, 0.3) is 22.2 Å². The zero-order valence-electron chi connectivity index (χ0n) is 22.2. The molecule has 7 rings (SSSR count). The van der Waals surface area contributed by atoms with E-state index in [1.165, 1.54) is 18.2 Å². The van der Waals surface area contributed by atoms with Crippen LogP contribution in [0.5, 0.6) is 5.75 Å². The molecule has 1 fully saturated rings. The molecule has 2 aromatic carbocycles. The van der Waals surface area contributed by atoms with Crippen LogP contribution in [0.15, 0.2) is 48.7 Å².